The van der Waals surface area contributed by atoms with E-state index in [-0.39, 0.29) is 11.6 Å². The maximum atomic E-state index is 13.1. The Morgan fingerprint density at radius 2 is 2.29 bits per heavy atom. The predicted molar refractivity (Wildman–Crippen MR) is 64.7 cm³/mol. The Balaban J connectivity index is 2.28. The molecular weight excluding hydrogens is 285 g/mol. The van der Waals surface area contributed by atoms with E-state index >= 15 is 0 Å². The van der Waals surface area contributed by atoms with Gasteiger partial charge in [0.25, 0.3) is 0 Å². The molecule has 1 aromatic rings. The quantitative estimate of drug-likeness (QED) is 0.839. The molecule has 17 heavy (non-hydrogen) atoms. The van der Waals surface area contributed by atoms with Crippen LogP contribution in [0.1, 0.15) is 24.8 Å². The summed E-state index contributed by atoms with van der Waals surface area (Å²) < 4.78 is 13.5. The number of nitrogens with zero attached hydrogens (tertiary/aromatic N) is 1. The first kappa shape index (κ1) is 12.3. The third kappa shape index (κ3) is 2.25. The van der Waals surface area contributed by atoms with Gasteiger partial charge in [-0.25, -0.2) is 4.39 Å². The van der Waals surface area contributed by atoms with E-state index in [4.69, 9.17) is 0 Å². The molecule has 1 aliphatic rings. The van der Waals surface area contributed by atoms with E-state index in [1.807, 2.05) is 0 Å². The lowest BCUT2D eigenvalue weighted by Gasteiger charge is -2.18. The van der Waals surface area contributed by atoms with Crippen LogP contribution in [0.2, 0.25) is 0 Å². The first-order chi connectivity index (χ1) is 8.07. The fraction of sp³-hybridized carbons (Fsp3) is 0.385. The lowest BCUT2D eigenvalue weighted by Crippen LogP contribution is -2.26. The van der Waals surface area contributed by atoms with Gasteiger partial charge in [-0.3, -0.25) is 4.79 Å². The molecule has 0 bridgehead atoms. The zero-order valence-electron chi connectivity index (χ0n) is 9.17. The molecule has 4 heteroatoms. The summed E-state index contributed by atoms with van der Waals surface area (Å²) in [6, 6.07) is 6.77. The van der Waals surface area contributed by atoms with E-state index in [1.54, 1.807) is 12.1 Å². The van der Waals surface area contributed by atoms with E-state index in [2.05, 4.69) is 22.0 Å². The average Bonchev–Trinajstić information content (AvgIpc) is 2.66. The van der Waals surface area contributed by atoms with Crippen molar-refractivity contribution in [3.8, 4) is 6.07 Å². The largest absolute Gasteiger partial charge is 0.298 e. The molecule has 0 spiro atoms. The predicted octanol–water partition coefficient (Wildman–Crippen LogP) is 3.39. The van der Waals surface area contributed by atoms with E-state index in [0.29, 0.717) is 23.7 Å². The number of Topliss-reactive ketones (excluding diaryl/α,β-unsaturated/α-hetero) is 1. The van der Waals surface area contributed by atoms with Gasteiger partial charge in [-0.1, -0.05) is 6.07 Å². The summed E-state index contributed by atoms with van der Waals surface area (Å²) in [5.41, 5.74) is -0.0767. The third-order valence-corrected chi connectivity index (χ3v) is 3.85. The molecule has 1 unspecified atom stereocenters. The van der Waals surface area contributed by atoms with Gasteiger partial charge in [0.2, 0.25) is 0 Å². The molecule has 0 amide bonds. The molecule has 1 atom stereocenters. The van der Waals surface area contributed by atoms with Gasteiger partial charge in [-0.05, 0) is 52.9 Å². The Kier molecular flexibility index (Phi) is 3.30. The van der Waals surface area contributed by atoms with Gasteiger partial charge in [0.1, 0.15) is 11.2 Å². The first-order valence-corrected chi connectivity index (χ1v) is 6.25. The molecule has 1 aromatic carbocycles. The van der Waals surface area contributed by atoms with Crippen LogP contribution in [0.25, 0.3) is 0 Å². The van der Waals surface area contributed by atoms with E-state index in [9.17, 15) is 14.4 Å². The van der Waals surface area contributed by atoms with Crippen molar-refractivity contribution < 1.29 is 9.18 Å². The van der Waals surface area contributed by atoms with Crippen LogP contribution in [0.4, 0.5) is 4.39 Å². The second-order valence-electron chi connectivity index (χ2n) is 4.40. The van der Waals surface area contributed by atoms with Crippen LogP contribution in [0.3, 0.4) is 0 Å². The van der Waals surface area contributed by atoms with Crippen molar-refractivity contribution in [1.29, 1.82) is 5.26 Å². The van der Waals surface area contributed by atoms with Crippen LogP contribution in [0.5, 0.6) is 0 Å². The molecule has 2 rings (SSSR count). The minimum atomic E-state index is -0.892. The lowest BCUT2D eigenvalue weighted by molar-refractivity contribution is -0.123. The highest BCUT2D eigenvalue weighted by Gasteiger charge is 2.42. The summed E-state index contributed by atoms with van der Waals surface area (Å²) in [7, 11) is 0. The maximum Gasteiger partial charge on any atom is 0.153 e. The fourth-order valence-corrected chi connectivity index (χ4v) is 2.70. The van der Waals surface area contributed by atoms with Crippen LogP contribution >= 0.6 is 15.9 Å². The van der Waals surface area contributed by atoms with Gasteiger partial charge in [-0.15, -0.1) is 0 Å². The second-order valence-corrected chi connectivity index (χ2v) is 5.25. The summed E-state index contributed by atoms with van der Waals surface area (Å²) in [5.74, 6) is -0.321. The van der Waals surface area contributed by atoms with Crippen molar-refractivity contribution in [1.82, 2.24) is 0 Å². The first-order valence-electron chi connectivity index (χ1n) is 5.46. The minimum absolute atomic E-state index is 0.0143. The summed E-state index contributed by atoms with van der Waals surface area (Å²) in [4.78, 5) is 11.8. The van der Waals surface area contributed by atoms with E-state index < -0.39 is 5.41 Å². The van der Waals surface area contributed by atoms with E-state index in [0.717, 1.165) is 12.0 Å². The van der Waals surface area contributed by atoms with Crippen LogP contribution in [-0.4, -0.2) is 5.78 Å². The Labute approximate surface area is 108 Å². The lowest BCUT2D eigenvalue weighted by atomic mass is 9.81. The zero-order chi connectivity index (χ0) is 12.5. The third-order valence-electron chi connectivity index (χ3n) is 3.25. The smallest absolute Gasteiger partial charge is 0.153 e. The number of benzene rings is 1. The van der Waals surface area contributed by atoms with Gasteiger partial charge in [0, 0.05) is 6.42 Å². The molecule has 1 aliphatic carbocycles. The van der Waals surface area contributed by atoms with Crippen molar-refractivity contribution in [3.05, 3.63) is 34.1 Å². The topological polar surface area (TPSA) is 40.9 Å². The molecule has 0 radical (unpaired) electrons. The number of carbonyl (C=O) groups excluding carboxylic acids is 1. The highest BCUT2D eigenvalue weighted by Crippen LogP contribution is 2.37. The maximum absolute atomic E-state index is 13.1. The molecule has 0 heterocycles. The second kappa shape index (κ2) is 4.58. The van der Waals surface area contributed by atoms with E-state index in [1.165, 1.54) is 6.07 Å². The standard InChI is InChI=1S/C13H11BrFNO/c14-10-6-9(3-4-11(10)15)7-13(8-16)5-1-2-12(13)17/h3-4,6H,1-2,5,7H2. The Morgan fingerprint density at radius 3 is 2.82 bits per heavy atom. The Bertz CT molecular complexity index is 509. The molecule has 0 saturated heterocycles. The van der Waals surface area contributed by atoms with Crippen molar-refractivity contribution in [2.45, 2.75) is 25.7 Å². The van der Waals surface area contributed by atoms with Crippen molar-refractivity contribution >= 4 is 21.7 Å². The number of carbonyl (C=O) groups is 1. The van der Waals surface area contributed by atoms with Gasteiger partial charge in [-0.2, -0.15) is 5.26 Å². The summed E-state index contributed by atoms with van der Waals surface area (Å²) in [5, 5.41) is 9.22. The normalized spacial score (nSPS) is 23.7. The Hall–Kier alpha value is -1.21. The van der Waals surface area contributed by atoms with Gasteiger partial charge >= 0.3 is 0 Å². The average molecular weight is 296 g/mol. The number of hydrogen-bond donors (Lipinski definition) is 0. The van der Waals surface area contributed by atoms with Crippen molar-refractivity contribution in [2.24, 2.45) is 5.41 Å². The molecule has 0 aromatic heterocycles. The molecule has 1 saturated carbocycles. The molecule has 0 N–H and O–H groups in total. The SMILES string of the molecule is N#CC1(Cc2ccc(F)c(Br)c2)CCCC1=O. The van der Waals surface area contributed by atoms with Crippen LogP contribution in [-0.2, 0) is 11.2 Å². The van der Waals surface area contributed by atoms with Crippen LogP contribution in [0.15, 0.2) is 22.7 Å². The Morgan fingerprint density at radius 1 is 1.53 bits per heavy atom. The minimum Gasteiger partial charge on any atom is -0.298 e. The van der Waals surface area contributed by atoms with Crippen LogP contribution < -0.4 is 0 Å². The van der Waals surface area contributed by atoms with Crippen molar-refractivity contribution in [3.63, 3.8) is 0 Å². The number of ketones is 1. The van der Waals surface area contributed by atoms with Gasteiger partial charge in [0.05, 0.1) is 10.5 Å². The summed E-state index contributed by atoms with van der Waals surface area (Å²) in [6.45, 7) is 0. The monoisotopic (exact) mass is 295 g/mol. The number of rotatable bonds is 2. The molecule has 2 nitrogen and oxygen atoms in total. The number of hydrogen-bond acceptors (Lipinski definition) is 2. The number of nitriles is 1. The van der Waals surface area contributed by atoms with Gasteiger partial charge < -0.3 is 0 Å². The fourth-order valence-electron chi connectivity index (χ4n) is 2.27. The van der Waals surface area contributed by atoms with Gasteiger partial charge in [0.15, 0.2) is 5.78 Å². The zero-order valence-corrected chi connectivity index (χ0v) is 10.8. The molecule has 0 aliphatic heterocycles. The van der Waals surface area contributed by atoms with Crippen LogP contribution in [0, 0.1) is 22.6 Å². The molecule has 88 valence electrons. The summed E-state index contributed by atoms with van der Waals surface area (Å²) in [6.07, 6.45) is 2.24. The highest BCUT2D eigenvalue weighted by molar-refractivity contribution is 9.10. The highest BCUT2D eigenvalue weighted by atomic mass is 79.9. The molecule has 1 fully saturated rings. The number of halogens is 2. The molecular formula is C13H11BrFNO. The summed E-state index contributed by atoms with van der Waals surface area (Å²) >= 11 is 3.11. The van der Waals surface area contributed by atoms with Crippen molar-refractivity contribution in [2.75, 3.05) is 0 Å².